The molecule has 2 rings (SSSR count). The van der Waals surface area contributed by atoms with Crippen LogP contribution in [0.1, 0.15) is 70.6 Å². The number of alkyl halides is 2. The molecule has 0 saturated heterocycles. The van der Waals surface area contributed by atoms with Gasteiger partial charge in [-0.15, -0.1) is 23.2 Å². The number of hydrogen-bond acceptors (Lipinski definition) is 0. The molecule has 0 aromatic heterocycles. The van der Waals surface area contributed by atoms with E-state index in [2.05, 4.69) is 0 Å². The maximum Gasteiger partial charge on any atom is 0.121 e. The van der Waals surface area contributed by atoms with Crippen molar-refractivity contribution >= 4 is 23.2 Å². The third kappa shape index (κ3) is 3.29. The molecule has 0 aromatic carbocycles. The minimum absolute atomic E-state index is 0.425. The normalized spacial score (nSPS) is 33.0. The smallest absolute Gasteiger partial charge is 0.101 e. The van der Waals surface area contributed by atoms with Crippen LogP contribution in [0.5, 0.6) is 0 Å². The van der Waals surface area contributed by atoms with Crippen molar-refractivity contribution in [2.45, 2.75) is 75.0 Å². The molecule has 2 saturated carbocycles. The topological polar surface area (TPSA) is 0 Å². The van der Waals surface area contributed by atoms with Gasteiger partial charge in [0.2, 0.25) is 0 Å². The van der Waals surface area contributed by atoms with E-state index in [1.165, 1.54) is 64.2 Å². The highest BCUT2D eigenvalue weighted by Crippen LogP contribution is 2.48. The summed E-state index contributed by atoms with van der Waals surface area (Å²) in [7, 11) is 0. The van der Waals surface area contributed by atoms with E-state index >= 15 is 0 Å². The summed E-state index contributed by atoms with van der Waals surface area (Å²) in [4.78, 5) is 0. The molecule has 0 aromatic rings. The van der Waals surface area contributed by atoms with Crippen LogP contribution in [0.3, 0.4) is 0 Å². The molecule has 1 unspecified atom stereocenters. The molecule has 0 aliphatic heterocycles. The lowest BCUT2D eigenvalue weighted by atomic mass is 9.81. The van der Waals surface area contributed by atoms with Gasteiger partial charge in [-0.05, 0) is 24.7 Å². The third-order valence-electron chi connectivity index (χ3n) is 4.54. The van der Waals surface area contributed by atoms with Crippen molar-refractivity contribution in [1.82, 2.24) is 0 Å². The second-order valence-electron chi connectivity index (χ2n) is 5.72. The van der Waals surface area contributed by atoms with Gasteiger partial charge in [-0.1, -0.05) is 57.8 Å². The highest BCUT2D eigenvalue weighted by Gasteiger charge is 2.40. The Balaban J connectivity index is 2.02. The average Bonchev–Trinajstić information content (AvgIpc) is 2.58. The number of rotatable bonds is 1. The van der Waals surface area contributed by atoms with Crippen LogP contribution in [-0.4, -0.2) is 4.33 Å². The van der Waals surface area contributed by atoms with Crippen LogP contribution < -0.4 is 0 Å². The monoisotopic (exact) mass is 262 g/mol. The molecular formula is C14H24Cl2. The first kappa shape index (κ1) is 13.0. The Hall–Kier alpha value is 0.580. The predicted molar refractivity (Wildman–Crippen MR) is 72.2 cm³/mol. The van der Waals surface area contributed by atoms with Crippen molar-refractivity contribution in [2.24, 2.45) is 11.8 Å². The van der Waals surface area contributed by atoms with Gasteiger partial charge in [-0.2, -0.15) is 0 Å². The molecule has 0 spiro atoms. The molecular weight excluding hydrogens is 239 g/mol. The summed E-state index contributed by atoms with van der Waals surface area (Å²) in [6, 6.07) is 0. The third-order valence-corrected chi connectivity index (χ3v) is 5.48. The van der Waals surface area contributed by atoms with Gasteiger partial charge >= 0.3 is 0 Å². The Morgan fingerprint density at radius 2 is 1.25 bits per heavy atom. The van der Waals surface area contributed by atoms with Gasteiger partial charge in [0.15, 0.2) is 0 Å². The summed E-state index contributed by atoms with van der Waals surface area (Å²) in [6.45, 7) is 0. The van der Waals surface area contributed by atoms with Crippen molar-refractivity contribution in [2.75, 3.05) is 0 Å². The first-order chi connectivity index (χ1) is 7.70. The van der Waals surface area contributed by atoms with Crippen LogP contribution in [0.4, 0.5) is 0 Å². The van der Waals surface area contributed by atoms with E-state index in [4.69, 9.17) is 23.2 Å². The van der Waals surface area contributed by atoms with Crippen LogP contribution in [0, 0.1) is 11.8 Å². The maximum atomic E-state index is 6.59. The second-order valence-corrected chi connectivity index (χ2v) is 7.26. The molecule has 2 aliphatic rings. The first-order valence-corrected chi connectivity index (χ1v) is 7.83. The van der Waals surface area contributed by atoms with Gasteiger partial charge in [0, 0.05) is 0 Å². The second kappa shape index (κ2) is 5.96. The van der Waals surface area contributed by atoms with Gasteiger partial charge < -0.3 is 0 Å². The first-order valence-electron chi connectivity index (χ1n) is 7.08. The molecule has 0 nitrogen and oxygen atoms in total. The van der Waals surface area contributed by atoms with Crippen molar-refractivity contribution in [3.63, 3.8) is 0 Å². The maximum absolute atomic E-state index is 6.59. The Kier molecular flexibility index (Phi) is 4.85. The van der Waals surface area contributed by atoms with E-state index in [0.717, 1.165) is 12.3 Å². The lowest BCUT2D eigenvalue weighted by Crippen LogP contribution is -2.31. The molecule has 0 N–H and O–H groups in total. The summed E-state index contributed by atoms with van der Waals surface area (Å²) in [5, 5.41) is 0. The minimum Gasteiger partial charge on any atom is -0.101 e. The molecule has 2 aliphatic carbocycles. The van der Waals surface area contributed by atoms with Gasteiger partial charge in [-0.25, -0.2) is 0 Å². The van der Waals surface area contributed by atoms with Gasteiger partial charge in [0.1, 0.15) is 4.33 Å². The fourth-order valence-electron chi connectivity index (χ4n) is 3.59. The number of halogens is 2. The van der Waals surface area contributed by atoms with Crippen LogP contribution >= 0.6 is 23.2 Å². The fourth-order valence-corrected chi connectivity index (χ4v) is 4.43. The highest BCUT2D eigenvalue weighted by molar-refractivity contribution is 6.48. The SMILES string of the molecule is ClC1(Cl)CCCCCC1C1CCCCCC1. The van der Waals surface area contributed by atoms with Crippen molar-refractivity contribution < 1.29 is 0 Å². The zero-order valence-electron chi connectivity index (χ0n) is 10.2. The summed E-state index contributed by atoms with van der Waals surface area (Å²) in [6.07, 6.45) is 14.5. The van der Waals surface area contributed by atoms with E-state index in [1.807, 2.05) is 0 Å². The molecule has 16 heavy (non-hydrogen) atoms. The standard InChI is InChI=1S/C14H24Cl2/c15-14(16)11-7-3-6-10-13(14)12-8-4-1-2-5-9-12/h12-13H,1-11H2. The lowest BCUT2D eigenvalue weighted by molar-refractivity contribution is 0.256. The highest BCUT2D eigenvalue weighted by atomic mass is 35.5. The fraction of sp³-hybridized carbons (Fsp3) is 1.00. The van der Waals surface area contributed by atoms with E-state index < -0.39 is 4.33 Å². The molecule has 0 radical (unpaired) electrons. The van der Waals surface area contributed by atoms with Gasteiger partial charge in [0.05, 0.1) is 0 Å². The zero-order valence-corrected chi connectivity index (χ0v) is 11.7. The molecule has 2 fully saturated rings. The van der Waals surface area contributed by atoms with E-state index in [-0.39, 0.29) is 0 Å². The van der Waals surface area contributed by atoms with Crippen LogP contribution in [0.2, 0.25) is 0 Å². The molecule has 0 amide bonds. The van der Waals surface area contributed by atoms with Crippen LogP contribution in [0.25, 0.3) is 0 Å². The largest absolute Gasteiger partial charge is 0.121 e. The number of hydrogen-bond donors (Lipinski definition) is 0. The van der Waals surface area contributed by atoms with Crippen molar-refractivity contribution in [1.29, 1.82) is 0 Å². The van der Waals surface area contributed by atoms with Gasteiger partial charge in [-0.3, -0.25) is 0 Å². The van der Waals surface area contributed by atoms with E-state index in [1.54, 1.807) is 0 Å². The van der Waals surface area contributed by atoms with E-state index in [0.29, 0.717) is 5.92 Å². The Morgan fingerprint density at radius 3 is 1.94 bits per heavy atom. The molecule has 2 heteroatoms. The van der Waals surface area contributed by atoms with Gasteiger partial charge in [0.25, 0.3) is 0 Å². The molecule has 0 bridgehead atoms. The van der Waals surface area contributed by atoms with Crippen molar-refractivity contribution in [3.05, 3.63) is 0 Å². The summed E-state index contributed by atoms with van der Waals surface area (Å²) >= 11 is 13.2. The molecule has 94 valence electrons. The Morgan fingerprint density at radius 1 is 0.688 bits per heavy atom. The molecule has 0 heterocycles. The molecule has 1 atom stereocenters. The van der Waals surface area contributed by atoms with Crippen molar-refractivity contribution in [3.8, 4) is 0 Å². The van der Waals surface area contributed by atoms with E-state index in [9.17, 15) is 0 Å². The Bertz CT molecular complexity index is 205. The quantitative estimate of drug-likeness (QED) is 0.420. The summed E-state index contributed by atoms with van der Waals surface area (Å²) < 4.78 is -0.425. The van der Waals surface area contributed by atoms with Crippen LogP contribution in [-0.2, 0) is 0 Å². The predicted octanol–water partition coefficient (Wildman–Crippen LogP) is 5.71. The summed E-state index contributed by atoms with van der Waals surface area (Å²) in [5.74, 6) is 1.37. The zero-order chi connectivity index (χ0) is 11.4. The Labute approximate surface area is 110 Å². The average molecular weight is 263 g/mol. The lowest BCUT2D eigenvalue weighted by Gasteiger charge is -2.34. The summed E-state index contributed by atoms with van der Waals surface area (Å²) in [5.41, 5.74) is 0. The minimum atomic E-state index is -0.425. The van der Waals surface area contributed by atoms with Crippen LogP contribution in [0.15, 0.2) is 0 Å².